The van der Waals surface area contributed by atoms with Crippen LogP contribution in [0.5, 0.6) is 0 Å². The lowest BCUT2D eigenvalue weighted by molar-refractivity contribution is -0.0393. The van der Waals surface area contributed by atoms with Gasteiger partial charge in [-0.3, -0.25) is 0 Å². The monoisotopic (exact) mass is 328 g/mol. The topological polar surface area (TPSA) is 40.5 Å². The first-order valence-corrected chi connectivity index (χ1v) is 9.82. The van der Waals surface area contributed by atoms with Gasteiger partial charge in [0.2, 0.25) is 0 Å². The number of aliphatic hydroxyl groups is 2. The van der Waals surface area contributed by atoms with Crippen LogP contribution in [0.1, 0.15) is 85.5 Å². The molecule has 3 heteroatoms. The molecular formula is C20H37FO2. The fourth-order valence-corrected chi connectivity index (χ4v) is 5.58. The average Bonchev–Trinajstić information content (AvgIpc) is 2.90. The van der Waals surface area contributed by atoms with E-state index in [2.05, 4.69) is 13.8 Å². The largest absolute Gasteiger partial charge is 0.393 e. The van der Waals surface area contributed by atoms with Crippen molar-refractivity contribution in [3.63, 3.8) is 0 Å². The van der Waals surface area contributed by atoms with Gasteiger partial charge < -0.3 is 10.2 Å². The molecule has 0 amide bonds. The fourth-order valence-electron chi connectivity index (χ4n) is 5.58. The Morgan fingerprint density at radius 3 is 2.48 bits per heavy atom. The minimum absolute atomic E-state index is 0.0215. The molecular weight excluding hydrogens is 291 g/mol. The zero-order chi connectivity index (χ0) is 17.3. The van der Waals surface area contributed by atoms with Crippen LogP contribution < -0.4 is 0 Å². The first kappa shape index (κ1) is 19.2. The third kappa shape index (κ3) is 3.76. The number of aliphatic hydroxyl groups excluding tert-OH is 1. The molecule has 0 unspecified atom stereocenters. The zero-order valence-electron chi connectivity index (χ0n) is 15.5. The third-order valence-electron chi connectivity index (χ3n) is 7.57. The highest BCUT2D eigenvalue weighted by Crippen LogP contribution is 2.58. The van der Waals surface area contributed by atoms with Gasteiger partial charge in [-0.25, -0.2) is 4.39 Å². The molecule has 0 radical (unpaired) electrons. The number of halogens is 1. The SMILES string of the molecule is CCC(O)(CC)CC[C@@H](F)[C@@H](C)[C@H]1CC[C@H]2[C@@H](O)CCC[C@]12C. The average molecular weight is 329 g/mol. The Morgan fingerprint density at radius 1 is 1.22 bits per heavy atom. The van der Waals surface area contributed by atoms with E-state index in [1.807, 2.05) is 13.8 Å². The van der Waals surface area contributed by atoms with Crippen molar-refractivity contribution in [3.8, 4) is 0 Å². The van der Waals surface area contributed by atoms with Gasteiger partial charge in [-0.05, 0) is 74.5 Å². The van der Waals surface area contributed by atoms with Crippen molar-refractivity contribution < 1.29 is 14.6 Å². The van der Waals surface area contributed by atoms with Crippen LogP contribution in [-0.4, -0.2) is 28.1 Å². The molecule has 0 saturated heterocycles. The molecule has 2 saturated carbocycles. The summed E-state index contributed by atoms with van der Waals surface area (Å²) in [5, 5.41) is 20.7. The standard InChI is InChI=1S/C20H37FO2/c1-5-20(23,6-2)13-11-17(21)14(3)15-9-10-16-18(22)8-7-12-19(15,16)4/h14-18,22-23H,5-13H2,1-4H3/t14-,15+,16-,17+,18-,19+/m0/s1. The quantitative estimate of drug-likeness (QED) is 0.700. The van der Waals surface area contributed by atoms with Gasteiger partial charge in [-0.15, -0.1) is 0 Å². The maximum absolute atomic E-state index is 14.9. The van der Waals surface area contributed by atoms with Crippen LogP contribution in [-0.2, 0) is 0 Å². The summed E-state index contributed by atoms with van der Waals surface area (Å²) >= 11 is 0. The van der Waals surface area contributed by atoms with Crippen LogP contribution in [0, 0.1) is 23.2 Å². The van der Waals surface area contributed by atoms with E-state index in [-0.39, 0.29) is 17.4 Å². The highest BCUT2D eigenvalue weighted by Gasteiger charge is 2.53. The van der Waals surface area contributed by atoms with Crippen LogP contribution in [0.4, 0.5) is 4.39 Å². The lowest BCUT2D eigenvalue weighted by atomic mass is 9.61. The van der Waals surface area contributed by atoms with Crippen molar-refractivity contribution in [2.45, 2.75) is 103 Å². The number of fused-ring (bicyclic) bond motifs is 1. The molecule has 2 fully saturated rings. The lowest BCUT2D eigenvalue weighted by Gasteiger charge is -2.45. The smallest absolute Gasteiger partial charge is 0.103 e. The van der Waals surface area contributed by atoms with E-state index in [4.69, 9.17) is 0 Å². The molecule has 0 bridgehead atoms. The second-order valence-corrected chi connectivity index (χ2v) is 8.60. The van der Waals surface area contributed by atoms with E-state index < -0.39 is 11.8 Å². The summed E-state index contributed by atoms with van der Waals surface area (Å²) in [7, 11) is 0. The summed E-state index contributed by atoms with van der Waals surface area (Å²) in [5.74, 6) is 0.751. The fraction of sp³-hybridized carbons (Fsp3) is 1.00. The summed E-state index contributed by atoms with van der Waals surface area (Å²) in [4.78, 5) is 0. The Labute approximate surface area is 141 Å². The molecule has 23 heavy (non-hydrogen) atoms. The van der Waals surface area contributed by atoms with Crippen molar-refractivity contribution in [3.05, 3.63) is 0 Å². The predicted octanol–water partition coefficient (Wildman–Crippen LogP) is 4.87. The molecule has 2 aliphatic carbocycles. The van der Waals surface area contributed by atoms with E-state index in [1.54, 1.807) is 0 Å². The van der Waals surface area contributed by atoms with Gasteiger partial charge in [-0.2, -0.15) is 0 Å². The highest BCUT2D eigenvalue weighted by atomic mass is 19.1. The molecule has 0 aromatic heterocycles. The van der Waals surface area contributed by atoms with E-state index in [1.165, 1.54) is 0 Å². The third-order valence-corrected chi connectivity index (χ3v) is 7.57. The molecule has 136 valence electrons. The van der Waals surface area contributed by atoms with Crippen molar-refractivity contribution >= 4 is 0 Å². The van der Waals surface area contributed by atoms with Crippen molar-refractivity contribution in [1.82, 2.24) is 0 Å². The molecule has 0 aromatic rings. The van der Waals surface area contributed by atoms with E-state index in [0.717, 1.165) is 32.1 Å². The summed E-state index contributed by atoms with van der Waals surface area (Å²) < 4.78 is 14.9. The predicted molar refractivity (Wildman–Crippen MR) is 93.0 cm³/mol. The van der Waals surface area contributed by atoms with Gasteiger partial charge >= 0.3 is 0 Å². The molecule has 6 atom stereocenters. The second kappa shape index (κ2) is 7.39. The first-order valence-electron chi connectivity index (χ1n) is 9.82. The minimum Gasteiger partial charge on any atom is -0.393 e. The number of hydrogen-bond donors (Lipinski definition) is 2. The molecule has 0 spiro atoms. The summed E-state index contributed by atoms with van der Waals surface area (Å²) in [6.45, 7) is 8.30. The molecule has 2 nitrogen and oxygen atoms in total. The van der Waals surface area contributed by atoms with Gasteiger partial charge in [0.25, 0.3) is 0 Å². The first-order chi connectivity index (χ1) is 10.8. The summed E-state index contributed by atoms with van der Waals surface area (Å²) in [6, 6.07) is 0. The molecule has 2 aliphatic rings. The second-order valence-electron chi connectivity index (χ2n) is 8.60. The van der Waals surface area contributed by atoms with Crippen LogP contribution >= 0.6 is 0 Å². The number of hydrogen-bond acceptors (Lipinski definition) is 2. The van der Waals surface area contributed by atoms with Crippen molar-refractivity contribution in [2.75, 3.05) is 0 Å². The Hall–Kier alpha value is -0.150. The zero-order valence-corrected chi connectivity index (χ0v) is 15.5. The van der Waals surface area contributed by atoms with Gasteiger partial charge in [0.1, 0.15) is 6.17 Å². The van der Waals surface area contributed by atoms with Crippen molar-refractivity contribution in [2.24, 2.45) is 23.2 Å². The van der Waals surface area contributed by atoms with Gasteiger partial charge in [0, 0.05) is 0 Å². The van der Waals surface area contributed by atoms with Crippen LogP contribution in [0.2, 0.25) is 0 Å². The Morgan fingerprint density at radius 2 is 1.87 bits per heavy atom. The lowest BCUT2D eigenvalue weighted by Crippen LogP contribution is -2.43. The van der Waals surface area contributed by atoms with E-state index in [9.17, 15) is 14.6 Å². The minimum atomic E-state index is -0.848. The van der Waals surface area contributed by atoms with Crippen LogP contribution in [0.25, 0.3) is 0 Å². The highest BCUT2D eigenvalue weighted by molar-refractivity contribution is 5.02. The van der Waals surface area contributed by atoms with Gasteiger partial charge in [-0.1, -0.05) is 34.1 Å². The number of rotatable bonds is 7. The maximum Gasteiger partial charge on any atom is 0.103 e. The number of alkyl halides is 1. The Kier molecular flexibility index (Phi) is 6.16. The molecule has 0 aromatic carbocycles. The summed E-state index contributed by atoms with van der Waals surface area (Å²) in [5.41, 5.74) is -0.597. The van der Waals surface area contributed by atoms with Gasteiger partial charge in [0.05, 0.1) is 11.7 Å². The van der Waals surface area contributed by atoms with E-state index >= 15 is 0 Å². The van der Waals surface area contributed by atoms with Crippen LogP contribution in [0.15, 0.2) is 0 Å². The van der Waals surface area contributed by atoms with E-state index in [0.29, 0.717) is 37.5 Å². The normalized spacial score (nSPS) is 37.4. The molecule has 2 N–H and O–H groups in total. The maximum atomic E-state index is 14.9. The Bertz CT molecular complexity index is 382. The van der Waals surface area contributed by atoms with Crippen LogP contribution in [0.3, 0.4) is 0 Å². The Balaban J connectivity index is 1.98. The molecule has 2 rings (SSSR count). The molecule has 0 heterocycles. The van der Waals surface area contributed by atoms with Gasteiger partial charge in [0.15, 0.2) is 0 Å². The van der Waals surface area contributed by atoms with Crippen molar-refractivity contribution in [1.29, 1.82) is 0 Å². The molecule has 0 aliphatic heterocycles. The summed E-state index contributed by atoms with van der Waals surface area (Å²) in [6.07, 6.45) is 6.58.